The molecule has 8 heteroatoms. The Morgan fingerprint density at radius 2 is 1.85 bits per heavy atom. The zero-order valence-electron chi connectivity index (χ0n) is 15.3. The van der Waals surface area contributed by atoms with Crippen LogP contribution in [0.25, 0.3) is 0 Å². The Hall–Kier alpha value is -3.29. The number of nitrogens with two attached hydrogens (primary N) is 1. The molecule has 0 aliphatic rings. The smallest absolute Gasteiger partial charge is 0.255 e. The van der Waals surface area contributed by atoms with E-state index >= 15 is 0 Å². The van der Waals surface area contributed by atoms with Crippen LogP contribution in [0.4, 0.5) is 15.8 Å². The number of amides is 2. The number of carbonyl (C=O) groups is 2. The molecule has 27 heavy (non-hydrogen) atoms. The molecule has 1 unspecified atom stereocenters. The highest BCUT2D eigenvalue weighted by atomic mass is 19.1. The molecule has 0 saturated heterocycles. The van der Waals surface area contributed by atoms with Crippen molar-refractivity contribution < 1.29 is 23.5 Å². The third-order valence-corrected chi connectivity index (χ3v) is 3.75. The molecule has 2 aromatic rings. The molecule has 0 fully saturated rings. The summed E-state index contributed by atoms with van der Waals surface area (Å²) in [4.78, 5) is 23.2. The van der Waals surface area contributed by atoms with Crippen LogP contribution in [-0.4, -0.2) is 31.6 Å². The molecule has 0 aliphatic carbocycles. The lowest BCUT2D eigenvalue weighted by Gasteiger charge is -2.17. The summed E-state index contributed by atoms with van der Waals surface area (Å²) in [5, 5.41) is 5.66. The Balaban J connectivity index is 2.05. The molecule has 0 heterocycles. The molecule has 1 atom stereocenters. The van der Waals surface area contributed by atoms with Crippen molar-refractivity contribution in [2.75, 3.05) is 24.4 Å². The van der Waals surface area contributed by atoms with E-state index in [9.17, 15) is 14.0 Å². The summed E-state index contributed by atoms with van der Waals surface area (Å²) in [7, 11) is 1.47. The third kappa shape index (κ3) is 5.60. The van der Waals surface area contributed by atoms with E-state index in [1.54, 1.807) is 44.2 Å². The number of anilines is 2. The van der Waals surface area contributed by atoms with E-state index in [1.807, 2.05) is 0 Å². The van der Waals surface area contributed by atoms with Gasteiger partial charge in [0.05, 0.1) is 7.11 Å². The minimum absolute atomic E-state index is 0.297. The van der Waals surface area contributed by atoms with Gasteiger partial charge in [-0.2, -0.15) is 0 Å². The van der Waals surface area contributed by atoms with Gasteiger partial charge < -0.3 is 25.8 Å². The Labute approximate surface area is 156 Å². The van der Waals surface area contributed by atoms with E-state index < -0.39 is 11.9 Å². The fraction of sp³-hybridized carbons (Fsp3) is 0.263. The van der Waals surface area contributed by atoms with Crippen LogP contribution >= 0.6 is 0 Å². The van der Waals surface area contributed by atoms with Gasteiger partial charge in [-0.3, -0.25) is 9.59 Å². The number of halogens is 1. The quantitative estimate of drug-likeness (QED) is 0.658. The summed E-state index contributed by atoms with van der Waals surface area (Å²) in [6.45, 7) is 3.01. The van der Waals surface area contributed by atoms with Gasteiger partial charge in [-0.15, -0.1) is 0 Å². The Morgan fingerprint density at radius 3 is 2.48 bits per heavy atom. The summed E-state index contributed by atoms with van der Waals surface area (Å²) >= 11 is 0. The fourth-order valence-electron chi connectivity index (χ4n) is 2.26. The van der Waals surface area contributed by atoms with Gasteiger partial charge in [-0.1, -0.05) is 6.07 Å². The normalized spacial score (nSPS) is 11.4. The Morgan fingerprint density at radius 1 is 1.15 bits per heavy atom. The molecule has 4 N–H and O–H groups in total. The predicted octanol–water partition coefficient (Wildman–Crippen LogP) is 2.45. The molecule has 7 nitrogen and oxygen atoms in total. The molecule has 0 aliphatic heterocycles. The van der Waals surface area contributed by atoms with Gasteiger partial charge in [0.2, 0.25) is 5.91 Å². The molecule has 2 aromatic carbocycles. The SMILES string of the molecule is COc1ccc(NC(C)C(=O)Nc2ccc(C)c(F)c2)cc1OCC(N)=O. The topological polar surface area (TPSA) is 103 Å². The second-order valence-corrected chi connectivity index (χ2v) is 5.94. The second kappa shape index (κ2) is 8.88. The zero-order chi connectivity index (χ0) is 20.0. The highest BCUT2D eigenvalue weighted by molar-refractivity contribution is 5.96. The highest BCUT2D eigenvalue weighted by Gasteiger charge is 2.15. The summed E-state index contributed by atoms with van der Waals surface area (Å²) < 4.78 is 24.1. The average Bonchev–Trinajstić information content (AvgIpc) is 2.63. The number of ether oxygens (including phenoxy) is 2. The van der Waals surface area contributed by atoms with Crippen LogP contribution < -0.4 is 25.8 Å². The number of rotatable bonds is 8. The first kappa shape index (κ1) is 20.0. The molecule has 144 valence electrons. The number of hydrogen-bond donors (Lipinski definition) is 3. The molecule has 2 amide bonds. The Bertz CT molecular complexity index is 842. The number of hydrogen-bond acceptors (Lipinski definition) is 5. The van der Waals surface area contributed by atoms with Crippen molar-refractivity contribution in [3.63, 3.8) is 0 Å². The first-order valence-corrected chi connectivity index (χ1v) is 8.23. The molecule has 0 spiro atoms. The molecule has 0 radical (unpaired) electrons. The monoisotopic (exact) mass is 375 g/mol. The van der Waals surface area contributed by atoms with Crippen LogP contribution in [0.2, 0.25) is 0 Å². The standard InChI is InChI=1S/C19H22FN3O4/c1-11-4-5-13(8-15(11)20)23-19(25)12(2)22-14-6-7-16(26-3)17(9-14)27-10-18(21)24/h4-9,12,22H,10H2,1-3H3,(H2,21,24)(H,23,25). The number of methoxy groups -OCH3 is 1. The van der Waals surface area contributed by atoms with Crippen LogP contribution in [0.3, 0.4) is 0 Å². The highest BCUT2D eigenvalue weighted by Crippen LogP contribution is 2.30. The maximum absolute atomic E-state index is 13.6. The first-order valence-electron chi connectivity index (χ1n) is 8.23. The van der Waals surface area contributed by atoms with Crippen LogP contribution in [0.15, 0.2) is 36.4 Å². The van der Waals surface area contributed by atoms with Gasteiger partial charge in [0.1, 0.15) is 11.9 Å². The molecule has 2 rings (SSSR count). The maximum atomic E-state index is 13.6. The van der Waals surface area contributed by atoms with Crippen LogP contribution in [0.1, 0.15) is 12.5 Å². The van der Waals surface area contributed by atoms with Gasteiger partial charge in [-0.25, -0.2) is 4.39 Å². The van der Waals surface area contributed by atoms with Gasteiger partial charge in [0, 0.05) is 17.4 Å². The molecule has 0 aromatic heterocycles. The van der Waals surface area contributed by atoms with Crippen LogP contribution in [-0.2, 0) is 9.59 Å². The predicted molar refractivity (Wildman–Crippen MR) is 101 cm³/mol. The number of primary amides is 1. The summed E-state index contributed by atoms with van der Waals surface area (Å²) in [5.74, 6) is -0.606. The minimum atomic E-state index is -0.619. The third-order valence-electron chi connectivity index (χ3n) is 3.75. The van der Waals surface area contributed by atoms with Crippen molar-refractivity contribution in [1.29, 1.82) is 0 Å². The van der Waals surface area contributed by atoms with Crippen molar-refractivity contribution in [3.05, 3.63) is 47.8 Å². The fourth-order valence-corrected chi connectivity index (χ4v) is 2.26. The minimum Gasteiger partial charge on any atom is -0.493 e. The van der Waals surface area contributed by atoms with Gasteiger partial charge >= 0.3 is 0 Å². The zero-order valence-corrected chi connectivity index (χ0v) is 15.3. The first-order chi connectivity index (χ1) is 12.8. The Kier molecular flexibility index (Phi) is 6.59. The van der Waals surface area contributed by atoms with Crippen LogP contribution in [0.5, 0.6) is 11.5 Å². The van der Waals surface area contributed by atoms with Crippen molar-refractivity contribution in [2.45, 2.75) is 19.9 Å². The van der Waals surface area contributed by atoms with Crippen molar-refractivity contribution >= 4 is 23.2 Å². The van der Waals surface area contributed by atoms with Crippen molar-refractivity contribution in [1.82, 2.24) is 0 Å². The molecule has 0 bridgehead atoms. The van der Waals surface area contributed by atoms with Crippen molar-refractivity contribution in [2.24, 2.45) is 5.73 Å². The summed E-state index contributed by atoms with van der Waals surface area (Å²) in [5.41, 5.74) is 6.53. The number of aryl methyl sites for hydroxylation is 1. The van der Waals surface area contributed by atoms with Gasteiger partial charge in [0.15, 0.2) is 18.1 Å². The van der Waals surface area contributed by atoms with Crippen molar-refractivity contribution in [3.8, 4) is 11.5 Å². The van der Waals surface area contributed by atoms with E-state index in [1.165, 1.54) is 13.2 Å². The van der Waals surface area contributed by atoms with Crippen LogP contribution in [0, 0.1) is 12.7 Å². The summed E-state index contributed by atoms with van der Waals surface area (Å²) in [6, 6.07) is 8.80. The van der Waals surface area contributed by atoms with E-state index in [2.05, 4.69) is 10.6 Å². The number of benzene rings is 2. The largest absolute Gasteiger partial charge is 0.493 e. The van der Waals surface area contributed by atoms with E-state index in [0.717, 1.165) is 0 Å². The van der Waals surface area contributed by atoms with Gasteiger partial charge in [0.25, 0.3) is 5.91 Å². The average molecular weight is 375 g/mol. The number of carbonyl (C=O) groups excluding carboxylic acids is 2. The molecular weight excluding hydrogens is 353 g/mol. The maximum Gasteiger partial charge on any atom is 0.255 e. The molecule has 0 saturated carbocycles. The lowest BCUT2D eigenvalue weighted by Crippen LogP contribution is -2.31. The lowest BCUT2D eigenvalue weighted by molar-refractivity contribution is -0.120. The summed E-state index contributed by atoms with van der Waals surface area (Å²) in [6.07, 6.45) is 0. The van der Waals surface area contributed by atoms with Gasteiger partial charge in [-0.05, 0) is 43.7 Å². The van der Waals surface area contributed by atoms with E-state index in [0.29, 0.717) is 28.4 Å². The molecular formula is C19H22FN3O4. The number of nitrogens with one attached hydrogen (secondary N) is 2. The van der Waals surface area contributed by atoms with E-state index in [-0.39, 0.29) is 18.3 Å². The second-order valence-electron chi connectivity index (χ2n) is 5.94. The van der Waals surface area contributed by atoms with E-state index in [4.69, 9.17) is 15.2 Å². The lowest BCUT2D eigenvalue weighted by atomic mass is 10.2.